The minimum Gasteiger partial charge on any atom is -0.444 e. The van der Waals surface area contributed by atoms with Crippen LogP contribution in [0.1, 0.15) is 66.7 Å². The summed E-state index contributed by atoms with van der Waals surface area (Å²) in [4.78, 5) is 43.5. The number of fused-ring (bicyclic) bond motifs is 2. The number of amides is 2. The van der Waals surface area contributed by atoms with E-state index in [1.165, 1.54) is 0 Å². The Labute approximate surface area is 306 Å². The lowest BCUT2D eigenvalue weighted by atomic mass is 9.95. The predicted octanol–water partition coefficient (Wildman–Crippen LogP) is 6.79. The SMILES string of the molecule is CC(C)(C)OC(=O)N1CCN(C2c3ccc(Cl)cc3CCc3cc(Br)cnc32)C[C@@H]1C(=O)N(CCCn1ccnc1)Cc1cccc(C#N)c1. The van der Waals surface area contributed by atoms with Crippen molar-refractivity contribution in [2.75, 3.05) is 26.2 Å². The van der Waals surface area contributed by atoms with Gasteiger partial charge in [-0.3, -0.25) is 19.6 Å². The van der Waals surface area contributed by atoms with Gasteiger partial charge in [0.05, 0.1) is 29.7 Å². The number of carbonyl (C=O) groups is 2. The maximum atomic E-state index is 14.9. The molecule has 2 aliphatic rings. The van der Waals surface area contributed by atoms with E-state index in [4.69, 9.17) is 21.3 Å². The van der Waals surface area contributed by atoms with Gasteiger partial charge in [-0.2, -0.15) is 5.26 Å². The van der Waals surface area contributed by atoms with E-state index in [1.807, 2.05) is 73.0 Å². The number of nitriles is 1. The summed E-state index contributed by atoms with van der Waals surface area (Å²) in [5.74, 6) is -0.178. The molecule has 2 amide bonds. The van der Waals surface area contributed by atoms with E-state index in [1.54, 1.807) is 23.5 Å². The summed E-state index contributed by atoms with van der Waals surface area (Å²) in [7, 11) is 0. The third kappa shape index (κ3) is 8.37. The molecule has 0 radical (unpaired) electrons. The monoisotopic (exact) mass is 757 g/mol. The smallest absolute Gasteiger partial charge is 0.411 e. The normalized spacial score (nSPS) is 17.6. The third-order valence-corrected chi connectivity index (χ3v) is 9.79. The standard InChI is InChI=1S/C38H41BrClN7O3/c1-38(2,3)50-37(49)47-17-16-45(35-32-11-10-31(40)20-28(32)8-9-29-19-30(39)22-43-34(29)35)24-33(47)36(48)46(14-5-13-44-15-12-42-25-44)23-27-7-4-6-26(18-27)21-41/h4,6-7,10-12,15,18-20,22,25,33,35H,5,8-9,13-14,16-17,23-24H2,1-3H3/t33-,35?/m1/s1. The Hall–Kier alpha value is -4.24. The van der Waals surface area contributed by atoms with Crippen molar-refractivity contribution in [2.45, 2.75) is 70.8 Å². The van der Waals surface area contributed by atoms with Crippen LogP contribution in [-0.4, -0.2) is 79.1 Å². The minimum absolute atomic E-state index is 0.178. The van der Waals surface area contributed by atoms with Gasteiger partial charge < -0.3 is 14.2 Å². The first kappa shape index (κ1) is 35.6. The minimum atomic E-state index is -0.830. The maximum absolute atomic E-state index is 14.9. The first-order chi connectivity index (χ1) is 24.0. The summed E-state index contributed by atoms with van der Waals surface area (Å²) in [6.07, 6.45) is 8.98. The highest BCUT2D eigenvalue weighted by atomic mass is 79.9. The number of rotatable bonds is 8. The average molecular weight is 759 g/mol. The van der Waals surface area contributed by atoms with Crippen LogP contribution in [0.5, 0.6) is 0 Å². The molecule has 2 aromatic heterocycles. The zero-order chi connectivity index (χ0) is 35.4. The number of hydrogen-bond donors (Lipinski definition) is 0. The van der Waals surface area contributed by atoms with Crippen LogP contribution in [0.3, 0.4) is 0 Å². The first-order valence-corrected chi connectivity index (χ1v) is 18.1. The fourth-order valence-electron chi connectivity index (χ4n) is 6.87. The van der Waals surface area contributed by atoms with Crippen LogP contribution in [0.15, 0.2) is 77.9 Å². The molecule has 1 unspecified atom stereocenters. The molecule has 4 aromatic rings. The molecule has 1 fully saturated rings. The first-order valence-electron chi connectivity index (χ1n) is 16.9. The van der Waals surface area contributed by atoms with Crippen molar-refractivity contribution < 1.29 is 14.3 Å². The van der Waals surface area contributed by atoms with Crippen LogP contribution >= 0.6 is 27.5 Å². The molecule has 1 aliphatic heterocycles. The zero-order valence-corrected chi connectivity index (χ0v) is 30.9. The van der Waals surface area contributed by atoms with Gasteiger partial charge in [-0.15, -0.1) is 0 Å². The summed E-state index contributed by atoms with van der Waals surface area (Å²) in [5.41, 5.74) is 4.95. The number of hydrogen-bond acceptors (Lipinski definition) is 7. The van der Waals surface area contributed by atoms with Gasteiger partial charge in [0, 0.05) is 67.4 Å². The average Bonchev–Trinajstić information content (AvgIpc) is 3.55. The molecule has 0 spiro atoms. The van der Waals surface area contributed by atoms with Gasteiger partial charge in [-0.05, 0) is 109 Å². The Balaban J connectivity index is 1.37. The second-order valence-electron chi connectivity index (χ2n) is 13.9. The number of halogens is 2. The number of carbonyl (C=O) groups excluding carboxylic acids is 2. The van der Waals surface area contributed by atoms with Crippen LogP contribution in [-0.2, 0) is 35.5 Å². The molecule has 10 nitrogen and oxygen atoms in total. The van der Waals surface area contributed by atoms with Gasteiger partial charge in [0.2, 0.25) is 5.91 Å². The lowest BCUT2D eigenvalue weighted by Gasteiger charge is -2.45. The molecule has 1 saturated heterocycles. The molecule has 6 rings (SSSR count). The molecule has 0 saturated carbocycles. The second kappa shape index (κ2) is 15.3. The van der Waals surface area contributed by atoms with E-state index in [2.05, 4.69) is 44.0 Å². The van der Waals surface area contributed by atoms with Gasteiger partial charge in [0.1, 0.15) is 11.6 Å². The lowest BCUT2D eigenvalue weighted by Crippen LogP contribution is -2.62. The fraction of sp³-hybridized carbons (Fsp3) is 0.395. The van der Waals surface area contributed by atoms with E-state index < -0.39 is 17.7 Å². The summed E-state index contributed by atoms with van der Waals surface area (Å²) < 4.78 is 8.76. The van der Waals surface area contributed by atoms with Crippen molar-refractivity contribution in [3.8, 4) is 6.07 Å². The Morgan fingerprint density at radius 1 is 1.12 bits per heavy atom. The zero-order valence-electron chi connectivity index (χ0n) is 28.6. The number of pyridine rings is 1. The van der Waals surface area contributed by atoms with Gasteiger partial charge in [-0.1, -0.05) is 29.8 Å². The number of piperazine rings is 1. The Morgan fingerprint density at radius 2 is 1.94 bits per heavy atom. The van der Waals surface area contributed by atoms with Crippen molar-refractivity contribution in [3.05, 3.63) is 116 Å². The molecular weight excluding hydrogens is 718 g/mol. The molecule has 2 aromatic carbocycles. The molecule has 12 heteroatoms. The second-order valence-corrected chi connectivity index (χ2v) is 15.2. The molecule has 3 heterocycles. The third-order valence-electron chi connectivity index (χ3n) is 9.13. The highest BCUT2D eigenvalue weighted by Crippen LogP contribution is 2.39. The van der Waals surface area contributed by atoms with E-state index in [-0.39, 0.29) is 18.5 Å². The van der Waals surface area contributed by atoms with E-state index in [9.17, 15) is 14.9 Å². The van der Waals surface area contributed by atoms with Gasteiger partial charge in [-0.25, -0.2) is 9.78 Å². The predicted molar refractivity (Wildman–Crippen MR) is 194 cm³/mol. The van der Waals surface area contributed by atoms with Crippen molar-refractivity contribution >= 4 is 39.5 Å². The van der Waals surface area contributed by atoms with Crippen molar-refractivity contribution in [1.29, 1.82) is 5.26 Å². The van der Waals surface area contributed by atoms with Gasteiger partial charge in [0.25, 0.3) is 0 Å². The van der Waals surface area contributed by atoms with Crippen LogP contribution in [0.2, 0.25) is 5.02 Å². The van der Waals surface area contributed by atoms with Crippen molar-refractivity contribution in [2.24, 2.45) is 0 Å². The number of ether oxygens (including phenoxy) is 1. The van der Waals surface area contributed by atoms with Crippen molar-refractivity contribution in [1.82, 2.24) is 29.2 Å². The molecular formula is C38H41BrClN7O3. The Bertz CT molecular complexity index is 1830. The highest BCUT2D eigenvalue weighted by Gasteiger charge is 2.43. The van der Waals surface area contributed by atoms with E-state index in [0.717, 1.165) is 45.3 Å². The molecule has 50 heavy (non-hydrogen) atoms. The van der Waals surface area contributed by atoms with Crippen LogP contribution in [0.4, 0.5) is 4.79 Å². The number of benzene rings is 2. The largest absolute Gasteiger partial charge is 0.444 e. The molecule has 0 bridgehead atoms. The summed E-state index contributed by atoms with van der Waals surface area (Å²) in [5, 5.41) is 10.2. The van der Waals surface area contributed by atoms with Crippen LogP contribution in [0, 0.1) is 11.3 Å². The fourth-order valence-corrected chi connectivity index (χ4v) is 7.45. The summed E-state index contributed by atoms with van der Waals surface area (Å²) >= 11 is 10.1. The molecule has 2 atom stereocenters. The van der Waals surface area contributed by atoms with Crippen LogP contribution in [0.25, 0.3) is 0 Å². The number of aromatic nitrogens is 3. The summed E-state index contributed by atoms with van der Waals surface area (Å²) in [6.45, 7) is 7.98. The molecule has 260 valence electrons. The quantitative estimate of drug-likeness (QED) is 0.195. The lowest BCUT2D eigenvalue weighted by molar-refractivity contribution is -0.140. The van der Waals surface area contributed by atoms with E-state index in [0.29, 0.717) is 49.7 Å². The maximum Gasteiger partial charge on any atom is 0.411 e. The summed E-state index contributed by atoms with van der Waals surface area (Å²) in [6, 6.07) is 16.6. The van der Waals surface area contributed by atoms with Crippen molar-refractivity contribution in [3.63, 3.8) is 0 Å². The number of imidazole rings is 1. The highest BCUT2D eigenvalue weighted by molar-refractivity contribution is 9.10. The Kier molecular flexibility index (Phi) is 10.9. The topological polar surface area (TPSA) is 108 Å². The van der Waals surface area contributed by atoms with E-state index >= 15 is 0 Å². The Morgan fingerprint density at radius 3 is 2.70 bits per heavy atom. The van der Waals surface area contributed by atoms with Gasteiger partial charge in [0.15, 0.2) is 0 Å². The number of nitrogens with zero attached hydrogens (tertiary/aromatic N) is 7. The molecule has 0 N–H and O–H groups in total. The number of aryl methyl sites for hydroxylation is 3. The van der Waals surface area contributed by atoms with Gasteiger partial charge >= 0.3 is 6.09 Å². The van der Waals surface area contributed by atoms with Crippen LogP contribution < -0.4 is 0 Å². The molecule has 1 aliphatic carbocycles.